The molecule has 150 valence electrons. The van der Waals surface area contributed by atoms with E-state index >= 15 is 0 Å². The molecule has 28 heavy (non-hydrogen) atoms. The Kier molecular flexibility index (Phi) is 6.45. The second kappa shape index (κ2) is 8.42. The smallest absolute Gasteiger partial charge is 0.325 e. The summed E-state index contributed by atoms with van der Waals surface area (Å²) in [6.45, 7) is 10.5. The van der Waals surface area contributed by atoms with Crippen LogP contribution in [0.5, 0.6) is 0 Å². The van der Waals surface area contributed by atoms with Crippen LogP contribution in [0.2, 0.25) is 0 Å². The lowest BCUT2D eigenvalue weighted by Gasteiger charge is -2.28. The number of amides is 4. The zero-order valence-corrected chi connectivity index (χ0v) is 17.2. The number of hydrogen-bond donors (Lipinski definition) is 1. The molecule has 7 nitrogen and oxygen atoms in total. The Labute approximate surface area is 166 Å². The largest absolute Gasteiger partial charge is 0.341 e. The highest BCUT2D eigenvalue weighted by Crippen LogP contribution is 2.29. The van der Waals surface area contributed by atoms with Crippen LogP contribution in [0.25, 0.3) is 0 Å². The first kappa shape index (κ1) is 21.4. The maximum atomic E-state index is 13.0. The van der Waals surface area contributed by atoms with Crippen LogP contribution in [0.15, 0.2) is 24.3 Å². The average Bonchev–Trinajstić information content (AvgIpc) is 2.84. The van der Waals surface area contributed by atoms with Gasteiger partial charge in [-0.15, -0.1) is 0 Å². The third-order valence-electron chi connectivity index (χ3n) is 4.66. The van der Waals surface area contributed by atoms with Gasteiger partial charge in [0.2, 0.25) is 5.91 Å². The van der Waals surface area contributed by atoms with Gasteiger partial charge in [0.1, 0.15) is 12.1 Å². The zero-order valence-electron chi connectivity index (χ0n) is 17.2. The minimum atomic E-state index is -1.30. The molecule has 1 unspecified atom stereocenters. The molecule has 1 heterocycles. The summed E-state index contributed by atoms with van der Waals surface area (Å²) < 4.78 is 0. The van der Waals surface area contributed by atoms with Gasteiger partial charge in [0.25, 0.3) is 5.91 Å². The van der Waals surface area contributed by atoms with Gasteiger partial charge in [-0.3, -0.25) is 14.5 Å². The molecular formula is C21H28N4O3. The fourth-order valence-corrected chi connectivity index (χ4v) is 3.33. The number of benzene rings is 1. The molecule has 1 aromatic carbocycles. The fraction of sp³-hybridized carbons (Fsp3) is 0.524. The van der Waals surface area contributed by atoms with Crippen LogP contribution in [0.1, 0.15) is 45.7 Å². The van der Waals surface area contributed by atoms with Gasteiger partial charge >= 0.3 is 6.03 Å². The highest BCUT2D eigenvalue weighted by atomic mass is 16.2. The van der Waals surface area contributed by atoms with E-state index in [2.05, 4.69) is 5.32 Å². The number of carbonyl (C=O) groups is 3. The number of nitrogens with zero attached hydrogens (tertiary/aromatic N) is 3. The molecule has 1 aromatic rings. The second-order valence-electron chi connectivity index (χ2n) is 8.23. The predicted octanol–water partition coefficient (Wildman–Crippen LogP) is 2.47. The molecule has 1 N–H and O–H groups in total. The fourth-order valence-electron chi connectivity index (χ4n) is 3.33. The van der Waals surface area contributed by atoms with Crippen molar-refractivity contribution >= 4 is 17.8 Å². The van der Waals surface area contributed by atoms with Crippen molar-refractivity contribution in [3.05, 3.63) is 35.4 Å². The summed E-state index contributed by atoms with van der Waals surface area (Å²) >= 11 is 0. The van der Waals surface area contributed by atoms with E-state index in [1.165, 1.54) is 0 Å². The first-order chi connectivity index (χ1) is 13.1. The maximum Gasteiger partial charge on any atom is 0.325 e. The summed E-state index contributed by atoms with van der Waals surface area (Å²) in [5.41, 5.74) is -0.387. The minimum absolute atomic E-state index is 0.249. The summed E-state index contributed by atoms with van der Waals surface area (Å²) in [6.07, 6.45) is 0. The molecule has 0 radical (unpaired) electrons. The van der Waals surface area contributed by atoms with E-state index in [0.717, 1.165) is 4.90 Å². The Balaban J connectivity index is 2.22. The van der Waals surface area contributed by atoms with Gasteiger partial charge in [-0.1, -0.05) is 39.8 Å². The quantitative estimate of drug-likeness (QED) is 0.731. The summed E-state index contributed by atoms with van der Waals surface area (Å²) in [4.78, 5) is 41.0. The number of rotatable bonds is 7. The molecule has 0 bridgehead atoms. The lowest BCUT2D eigenvalue weighted by atomic mass is 9.91. The Bertz CT molecular complexity index is 802. The predicted molar refractivity (Wildman–Crippen MR) is 105 cm³/mol. The van der Waals surface area contributed by atoms with Crippen LogP contribution in [0.3, 0.4) is 0 Å². The summed E-state index contributed by atoms with van der Waals surface area (Å²) in [6, 6.07) is 7.99. The van der Waals surface area contributed by atoms with Gasteiger partial charge in [-0.2, -0.15) is 5.26 Å². The molecule has 7 heteroatoms. The summed E-state index contributed by atoms with van der Waals surface area (Å²) in [5.74, 6) is -0.175. The van der Waals surface area contributed by atoms with Crippen molar-refractivity contribution in [3.8, 4) is 6.07 Å². The molecule has 0 aliphatic carbocycles. The average molecular weight is 384 g/mol. The van der Waals surface area contributed by atoms with E-state index in [1.807, 2.05) is 33.8 Å². The SMILES string of the molecule is CC(C)CN(CC(C)C)C(=O)CN1C(=O)NC(C)(c2cccc(C#N)c2)C1=O. The first-order valence-corrected chi connectivity index (χ1v) is 9.51. The van der Waals surface area contributed by atoms with Crippen LogP contribution < -0.4 is 5.32 Å². The Hall–Kier alpha value is -2.88. The van der Waals surface area contributed by atoms with Crippen molar-refractivity contribution in [2.45, 2.75) is 40.2 Å². The molecule has 0 aromatic heterocycles. The van der Waals surface area contributed by atoms with E-state index in [1.54, 1.807) is 36.1 Å². The monoisotopic (exact) mass is 384 g/mol. The summed E-state index contributed by atoms with van der Waals surface area (Å²) in [5, 5.41) is 11.8. The Morgan fingerprint density at radius 1 is 1.21 bits per heavy atom. The van der Waals surface area contributed by atoms with Crippen molar-refractivity contribution in [2.24, 2.45) is 11.8 Å². The molecule has 1 saturated heterocycles. The zero-order chi connectivity index (χ0) is 21.1. The molecule has 2 rings (SSSR count). The number of hydrogen-bond acceptors (Lipinski definition) is 4. The highest BCUT2D eigenvalue weighted by molar-refractivity contribution is 6.09. The minimum Gasteiger partial charge on any atom is -0.341 e. The second-order valence-corrected chi connectivity index (χ2v) is 8.23. The Morgan fingerprint density at radius 2 is 1.82 bits per heavy atom. The van der Waals surface area contributed by atoms with Crippen LogP contribution in [0, 0.1) is 23.2 Å². The molecule has 1 aliphatic heterocycles. The number of carbonyl (C=O) groups excluding carboxylic acids is 3. The number of nitriles is 1. The summed E-state index contributed by atoms with van der Waals surface area (Å²) in [7, 11) is 0. The van der Waals surface area contributed by atoms with Crippen LogP contribution in [-0.2, 0) is 15.1 Å². The van der Waals surface area contributed by atoms with Gasteiger partial charge in [-0.05, 0) is 36.5 Å². The van der Waals surface area contributed by atoms with Gasteiger partial charge in [0, 0.05) is 13.1 Å². The topological polar surface area (TPSA) is 93.5 Å². The van der Waals surface area contributed by atoms with E-state index < -0.39 is 17.5 Å². The van der Waals surface area contributed by atoms with E-state index in [9.17, 15) is 14.4 Å². The third kappa shape index (κ3) is 4.50. The lowest BCUT2D eigenvalue weighted by Crippen LogP contribution is -2.46. The molecule has 1 fully saturated rings. The van der Waals surface area contributed by atoms with Gasteiger partial charge < -0.3 is 10.2 Å². The van der Waals surface area contributed by atoms with Crippen molar-refractivity contribution in [2.75, 3.05) is 19.6 Å². The van der Waals surface area contributed by atoms with Crippen molar-refractivity contribution in [1.82, 2.24) is 15.1 Å². The number of nitrogens with one attached hydrogen (secondary N) is 1. The third-order valence-corrected chi connectivity index (χ3v) is 4.66. The van der Waals surface area contributed by atoms with Crippen molar-refractivity contribution in [3.63, 3.8) is 0 Å². The normalized spacial score (nSPS) is 19.1. The lowest BCUT2D eigenvalue weighted by molar-refractivity contribution is -0.139. The van der Waals surface area contributed by atoms with E-state index in [-0.39, 0.29) is 24.3 Å². The maximum absolute atomic E-state index is 13.0. The van der Waals surface area contributed by atoms with E-state index in [4.69, 9.17) is 5.26 Å². The van der Waals surface area contributed by atoms with Crippen molar-refractivity contribution in [1.29, 1.82) is 5.26 Å². The molecule has 1 aliphatic rings. The van der Waals surface area contributed by atoms with E-state index in [0.29, 0.717) is 24.2 Å². The van der Waals surface area contributed by atoms with Crippen LogP contribution in [-0.4, -0.2) is 47.3 Å². The van der Waals surface area contributed by atoms with Gasteiger partial charge in [0.05, 0.1) is 11.6 Å². The molecule has 1 atom stereocenters. The highest BCUT2D eigenvalue weighted by Gasteiger charge is 2.49. The molecule has 0 spiro atoms. The van der Waals surface area contributed by atoms with Crippen molar-refractivity contribution < 1.29 is 14.4 Å². The number of imide groups is 1. The van der Waals surface area contributed by atoms with Crippen LogP contribution >= 0.6 is 0 Å². The Morgan fingerprint density at radius 3 is 2.36 bits per heavy atom. The standard InChI is InChI=1S/C21H28N4O3/c1-14(2)11-24(12-15(3)4)18(26)13-25-19(27)21(5,23-20(25)28)17-8-6-7-16(9-17)10-22/h6-9,14-15H,11-13H2,1-5H3,(H,23,28). The molecule has 4 amide bonds. The van der Waals surface area contributed by atoms with Crippen LogP contribution in [0.4, 0.5) is 4.79 Å². The molecular weight excluding hydrogens is 356 g/mol. The van der Waals surface area contributed by atoms with Gasteiger partial charge in [-0.25, -0.2) is 4.79 Å². The number of urea groups is 1. The first-order valence-electron chi connectivity index (χ1n) is 9.51. The molecule has 0 saturated carbocycles. The van der Waals surface area contributed by atoms with Gasteiger partial charge in [0.15, 0.2) is 0 Å².